The van der Waals surface area contributed by atoms with Crippen LogP contribution in [0.3, 0.4) is 0 Å². The molecule has 4 aromatic rings. The monoisotopic (exact) mass is 590 g/mol. The Morgan fingerprint density at radius 2 is 1.86 bits per heavy atom. The maximum absolute atomic E-state index is 16.1. The number of rotatable bonds is 8. The number of halogens is 2. The minimum Gasteiger partial charge on any atom is -0.481 e. The highest BCUT2D eigenvalue weighted by Gasteiger charge is 2.25. The average Bonchev–Trinajstić information content (AvgIpc) is 3.29. The molecule has 2 aliphatic heterocycles. The van der Waals surface area contributed by atoms with Gasteiger partial charge >= 0.3 is 0 Å². The molecule has 1 saturated heterocycles. The number of aromatic nitrogens is 3. The molecule has 218 valence electrons. The van der Waals surface area contributed by atoms with Crippen molar-refractivity contribution in [1.82, 2.24) is 24.8 Å². The summed E-state index contributed by atoms with van der Waals surface area (Å²) in [5.41, 5.74) is 4.69. The highest BCUT2D eigenvalue weighted by molar-refractivity contribution is 6.36. The van der Waals surface area contributed by atoms with Crippen LogP contribution in [0.4, 0.5) is 10.1 Å². The largest absolute Gasteiger partial charge is 0.481 e. The van der Waals surface area contributed by atoms with Crippen molar-refractivity contribution >= 4 is 23.2 Å². The van der Waals surface area contributed by atoms with Gasteiger partial charge in [0.1, 0.15) is 5.82 Å². The number of ether oxygens (including phenoxy) is 2. The third kappa shape index (κ3) is 5.38. The first-order chi connectivity index (χ1) is 20.3. The van der Waals surface area contributed by atoms with Crippen LogP contribution in [0.5, 0.6) is 5.88 Å². The predicted molar refractivity (Wildman–Crippen MR) is 159 cm³/mol. The van der Waals surface area contributed by atoms with Crippen LogP contribution in [0.25, 0.3) is 22.4 Å². The van der Waals surface area contributed by atoms with Gasteiger partial charge in [-0.05, 0) is 25.2 Å². The molecule has 0 radical (unpaired) electrons. The highest BCUT2D eigenvalue weighted by Crippen LogP contribution is 2.38. The molecule has 2 N–H and O–H groups in total. The number of nitrogens with zero attached hydrogens (tertiary/aromatic N) is 4. The Bertz CT molecular complexity index is 1650. The lowest BCUT2D eigenvalue weighted by molar-refractivity contribution is -0.00586. The van der Waals surface area contributed by atoms with Gasteiger partial charge in [0.2, 0.25) is 5.88 Å². The Kier molecular flexibility index (Phi) is 7.96. The number of anilines is 1. The van der Waals surface area contributed by atoms with Crippen LogP contribution in [-0.4, -0.2) is 65.3 Å². The molecular formula is C31H32ClFN6O3. The molecule has 6 rings (SSSR count). The van der Waals surface area contributed by atoms with E-state index < -0.39 is 5.82 Å². The van der Waals surface area contributed by atoms with Crippen molar-refractivity contribution in [2.45, 2.75) is 25.6 Å². The van der Waals surface area contributed by atoms with Crippen LogP contribution in [0.15, 0.2) is 48.5 Å². The first kappa shape index (κ1) is 28.3. The SMILES string of the molecule is COc1nc(-c2cccc(-c3cccc(NC(=O)c4nc5c(n4C)CCN(C)C5)c3Cl)c2F)ccc1CNC1COC1. The lowest BCUT2D eigenvalue weighted by Gasteiger charge is -2.27. The molecule has 2 aliphatic rings. The van der Waals surface area contributed by atoms with E-state index in [9.17, 15) is 4.79 Å². The predicted octanol–water partition coefficient (Wildman–Crippen LogP) is 4.68. The summed E-state index contributed by atoms with van der Waals surface area (Å²) in [6.07, 6.45) is 0.824. The van der Waals surface area contributed by atoms with Crippen molar-refractivity contribution in [1.29, 1.82) is 0 Å². The molecule has 0 saturated carbocycles. The third-order valence-corrected chi connectivity index (χ3v) is 8.22. The van der Waals surface area contributed by atoms with Gasteiger partial charge in [0.05, 0.1) is 48.5 Å². The molecule has 1 fully saturated rings. The van der Waals surface area contributed by atoms with E-state index in [0.29, 0.717) is 72.1 Å². The number of methoxy groups -OCH3 is 1. The summed E-state index contributed by atoms with van der Waals surface area (Å²) in [6.45, 7) is 3.54. The maximum Gasteiger partial charge on any atom is 0.291 e. The number of amides is 1. The summed E-state index contributed by atoms with van der Waals surface area (Å²) >= 11 is 6.78. The number of fused-ring (bicyclic) bond motifs is 1. The van der Waals surface area contributed by atoms with Gasteiger partial charge in [0.25, 0.3) is 5.91 Å². The van der Waals surface area contributed by atoms with Crippen molar-refractivity contribution in [3.63, 3.8) is 0 Å². The number of pyridine rings is 1. The van der Waals surface area contributed by atoms with Gasteiger partial charge in [-0.15, -0.1) is 0 Å². The normalized spacial score (nSPS) is 15.3. The Balaban J connectivity index is 1.27. The summed E-state index contributed by atoms with van der Waals surface area (Å²) in [6, 6.07) is 14.2. The number of benzene rings is 2. The lowest BCUT2D eigenvalue weighted by Crippen LogP contribution is -2.45. The molecular weight excluding hydrogens is 559 g/mol. The molecule has 9 nitrogen and oxygen atoms in total. The van der Waals surface area contributed by atoms with Crippen molar-refractivity contribution in [2.75, 3.05) is 39.2 Å². The number of carbonyl (C=O) groups is 1. The fraction of sp³-hybridized carbons (Fsp3) is 0.323. The van der Waals surface area contributed by atoms with Gasteiger partial charge in [0.15, 0.2) is 5.82 Å². The number of carbonyl (C=O) groups excluding carboxylic acids is 1. The zero-order valence-electron chi connectivity index (χ0n) is 23.7. The van der Waals surface area contributed by atoms with Crippen molar-refractivity contribution in [3.8, 4) is 28.3 Å². The smallest absolute Gasteiger partial charge is 0.291 e. The average molecular weight is 591 g/mol. The number of likely N-dealkylation sites (N-methyl/N-ethyl adjacent to an activating group) is 1. The Morgan fingerprint density at radius 3 is 2.62 bits per heavy atom. The Labute approximate surface area is 248 Å². The molecule has 11 heteroatoms. The molecule has 0 spiro atoms. The van der Waals surface area contributed by atoms with Gasteiger partial charge in [0, 0.05) is 61.1 Å². The van der Waals surface area contributed by atoms with Gasteiger partial charge in [-0.25, -0.2) is 14.4 Å². The van der Waals surface area contributed by atoms with Gasteiger partial charge in [-0.1, -0.05) is 41.9 Å². The minimum atomic E-state index is -0.476. The fourth-order valence-corrected chi connectivity index (χ4v) is 5.63. The molecule has 0 bridgehead atoms. The molecule has 42 heavy (non-hydrogen) atoms. The highest BCUT2D eigenvalue weighted by atomic mass is 35.5. The Morgan fingerprint density at radius 1 is 1.10 bits per heavy atom. The second-order valence-corrected chi connectivity index (χ2v) is 11.0. The number of imidazole rings is 1. The van der Waals surface area contributed by atoms with E-state index in [1.165, 1.54) is 0 Å². The lowest BCUT2D eigenvalue weighted by atomic mass is 9.99. The van der Waals surface area contributed by atoms with Gasteiger partial charge in [-0.3, -0.25) is 4.79 Å². The van der Waals surface area contributed by atoms with Crippen LogP contribution >= 0.6 is 11.6 Å². The maximum atomic E-state index is 16.1. The van der Waals surface area contributed by atoms with Crippen LogP contribution in [0.2, 0.25) is 5.02 Å². The third-order valence-electron chi connectivity index (χ3n) is 7.81. The number of nitrogens with one attached hydrogen (secondary N) is 2. The summed E-state index contributed by atoms with van der Waals surface area (Å²) in [5, 5.41) is 6.50. The fourth-order valence-electron chi connectivity index (χ4n) is 5.35. The van der Waals surface area contributed by atoms with E-state index >= 15 is 4.39 Å². The standard InChI is InChI=1S/C31H32ClFN6O3/c1-38-13-12-26-25(15-38)35-29(39(26)2)30(40)36-24-9-5-6-20(27(24)32)21-7-4-8-22(28(21)33)23-11-10-18(31(37-23)41-3)14-34-19-16-42-17-19/h4-11,19,34H,12-17H2,1-3H3,(H,36,40). The zero-order valence-corrected chi connectivity index (χ0v) is 24.5. The second-order valence-electron chi connectivity index (χ2n) is 10.6. The van der Waals surface area contributed by atoms with E-state index in [-0.39, 0.29) is 10.9 Å². The molecule has 2 aromatic carbocycles. The minimum absolute atomic E-state index is 0.229. The summed E-state index contributed by atoms with van der Waals surface area (Å²) in [7, 11) is 5.43. The number of hydrogen-bond acceptors (Lipinski definition) is 7. The molecule has 0 aliphatic carbocycles. The van der Waals surface area contributed by atoms with Crippen LogP contribution in [0.1, 0.15) is 27.6 Å². The molecule has 2 aromatic heterocycles. The second kappa shape index (κ2) is 11.8. The quantitative estimate of drug-likeness (QED) is 0.308. The first-order valence-corrected chi connectivity index (χ1v) is 14.2. The van der Waals surface area contributed by atoms with E-state index in [4.69, 9.17) is 21.1 Å². The van der Waals surface area contributed by atoms with Crippen LogP contribution in [-0.2, 0) is 31.3 Å². The summed E-state index contributed by atoms with van der Waals surface area (Å²) in [4.78, 5) is 24.6. The molecule has 1 amide bonds. The van der Waals surface area contributed by atoms with Crippen molar-refractivity contribution in [3.05, 3.63) is 82.1 Å². The van der Waals surface area contributed by atoms with E-state index in [1.807, 2.05) is 24.7 Å². The zero-order chi connectivity index (χ0) is 29.4. The van der Waals surface area contributed by atoms with Crippen molar-refractivity contribution < 1.29 is 18.7 Å². The van der Waals surface area contributed by atoms with Crippen LogP contribution in [0, 0.1) is 5.82 Å². The Hall–Kier alpha value is -3.83. The summed E-state index contributed by atoms with van der Waals surface area (Å²) < 4.78 is 28.6. The van der Waals surface area contributed by atoms with E-state index in [1.54, 1.807) is 49.6 Å². The molecule has 0 atom stereocenters. The van der Waals surface area contributed by atoms with Crippen molar-refractivity contribution in [2.24, 2.45) is 7.05 Å². The summed E-state index contributed by atoms with van der Waals surface area (Å²) in [5.74, 6) is -0.116. The van der Waals surface area contributed by atoms with E-state index in [2.05, 4.69) is 25.5 Å². The number of hydrogen-bond donors (Lipinski definition) is 2. The van der Waals surface area contributed by atoms with E-state index in [0.717, 1.165) is 29.9 Å². The topological polar surface area (TPSA) is 93.5 Å². The van der Waals surface area contributed by atoms with Gasteiger partial charge < -0.3 is 29.6 Å². The molecule has 4 heterocycles. The molecule has 0 unspecified atom stereocenters. The van der Waals surface area contributed by atoms with Gasteiger partial charge in [-0.2, -0.15) is 0 Å². The first-order valence-electron chi connectivity index (χ1n) is 13.8. The van der Waals surface area contributed by atoms with Crippen LogP contribution < -0.4 is 15.4 Å².